The molecule has 106 valence electrons. The predicted molar refractivity (Wildman–Crippen MR) is 82.6 cm³/mol. The Morgan fingerprint density at radius 3 is 2.52 bits per heavy atom. The summed E-state index contributed by atoms with van der Waals surface area (Å²) in [6.07, 6.45) is 3.44. The maximum absolute atomic E-state index is 11.9. The van der Waals surface area contributed by atoms with E-state index in [1.807, 2.05) is 48.5 Å². The average Bonchev–Trinajstić information content (AvgIpc) is 2.89. The number of nitrogens with zero attached hydrogens (tertiary/aromatic N) is 1. The van der Waals surface area contributed by atoms with Crippen LogP contribution in [-0.4, -0.2) is 17.6 Å². The van der Waals surface area contributed by atoms with Crippen molar-refractivity contribution in [1.29, 1.82) is 0 Å². The second kappa shape index (κ2) is 5.83. The minimum absolute atomic E-state index is 0.0552. The van der Waals surface area contributed by atoms with Gasteiger partial charge < -0.3 is 4.74 Å². The van der Waals surface area contributed by atoms with Crippen LogP contribution in [0.2, 0.25) is 0 Å². The van der Waals surface area contributed by atoms with E-state index in [-0.39, 0.29) is 12.1 Å². The molecule has 1 heterocycles. The molecule has 1 aliphatic heterocycles. The fourth-order valence-electron chi connectivity index (χ4n) is 2.37. The fourth-order valence-corrected chi connectivity index (χ4v) is 2.37. The van der Waals surface area contributed by atoms with Gasteiger partial charge in [0.25, 0.3) is 0 Å². The highest BCUT2D eigenvalue weighted by molar-refractivity contribution is 5.73. The minimum atomic E-state index is -0.299. The van der Waals surface area contributed by atoms with Crippen LogP contribution in [-0.2, 0) is 4.74 Å². The van der Waals surface area contributed by atoms with Crippen LogP contribution in [0.25, 0.3) is 6.08 Å². The summed E-state index contributed by atoms with van der Waals surface area (Å²) in [5, 5.41) is 0. The molecule has 0 aliphatic carbocycles. The molecule has 0 N–H and O–H groups in total. The largest absolute Gasteiger partial charge is 0.447 e. The maximum Gasteiger partial charge on any atom is 0.414 e. The zero-order valence-corrected chi connectivity index (χ0v) is 11.9. The molecule has 21 heavy (non-hydrogen) atoms. The van der Waals surface area contributed by atoms with Crippen molar-refractivity contribution >= 4 is 12.2 Å². The molecule has 3 rings (SSSR count). The first-order valence-corrected chi connectivity index (χ1v) is 6.99. The third-order valence-corrected chi connectivity index (χ3v) is 3.60. The molecule has 0 radical (unpaired) electrons. The summed E-state index contributed by atoms with van der Waals surface area (Å²) >= 11 is 0. The number of hydrogen-bond acceptors (Lipinski definition) is 2. The van der Waals surface area contributed by atoms with Crippen molar-refractivity contribution in [3.8, 4) is 0 Å². The zero-order valence-electron chi connectivity index (χ0n) is 11.9. The molecule has 3 heteroatoms. The number of ether oxygens (including phenoxy) is 1. The van der Waals surface area contributed by atoms with Gasteiger partial charge in [-0.2, -0.15) is 0 Å². The van der Waals surface area contributed by atoms with Gasteiger partial charge in [-0.05, 0) is 24.1 Å². The molecule has 2 aromatic rings. The van der Waals surface area contributed by atoms with Gasteiger partial charge in [0, 0.05) is 6.20 Å². The van der Waals surface area contributed by atoms with Crippen molar-refractivity contribution in [1.82, 2.24) is 4.90 Å². The third kappa shape index (κ3) is 2.97. The second-order valence-corrected chi connectivity index (χ2v) is 5.14. The van der Waals surface area contributed by atoms with Crippen LogP contribution in [0.3, 0.4) is 0 Å². The van der Waals surface area contributed by atoms with Gasteiger partial charge >= 0.3 is 6.09 Å². The molecule has 1 saturated heterocycles. The monoisotopic (exact) mass is 279 g/mol. The van der Waals surface area contributed by atoms with Gasteiger partial charge in [-0.3, -0.25) is 4.90 Å². The van der Waals surface area contributed by atoms with Crippen molar-refractivity contribution in [2.24, 2.45) is 0 Å². The highest BCUT2D eigenvalue weighted by Gasteiger charge is 2.32. The number of benzene rings is 2. The summed E-state index contributed by atoms with van der Waals surface area (Å²) in [5.74, 6) is 0. The molecule has 0 spiro atoms. The number of cyclic esters (lactones) is 1. The van der Waals surface area contributed by atoms with Gasteiger partial charge in [-0.1, -0.05) is 60.2 Å². The van der Waals surface area contributed by atoms with E-state index in [0.29, 0.717) is 6.61 Å². The Morgan fingerprint density at radius 2 is 1.81 bits per heavy atom. The highest BCUT2D eigenvalue weighted by Crippen LogP contribution is 2.28. The van der Waals surface area contributed by atoms with E-state index in [4.69, 9.17) is 4.74 Å². The molecule has 1 atom stereocenters. The Bertz CT molecular complexity index is 647. The molecule has 0 saturated carbocycles. The molecule has 0 unspecified atom stereocenters. The summed E-state index contributed by atoms with van der Waals surface area (Å²) in [6, 6.07) is 18.1. The smallest absolute Gasteiger partial charge is 0.414 e. The van der Waals surface area contributed by atoms with Crippen LogP contribution in [0, 0.1) is 6.92 Å². The van der Waals surface area contributed by atoms with Gasteiger partial charge in [-0.15, -0.1) is 0 Å². The summed E-state index contributed by atoms with van der Waals surface area (Å²) < 4.78 is 5.18. The number of hydrogen-bond donors (Lipinski definition) is 0. The fraction of sp³-hybridized carbons (Fsp3) is 0.167. The van der Waals surface area contributed by atoms with Crippen LogP contribution >= 0.6 is 0 Å². The van der Waals surface area contributed by atoms with Crippen LogP contribution in [0.15, 0.2) is 60.8 Å². The highest BCUT2D eigenvalue weighted by atomic mass is 16.6. The zero-order chi connectivity index (χ0) is 14.7. The number of aryl methyl sites for hydroxylation is 1. The van der Waals surface area contributed by atoms with Gasteiger partial charge in [0.15, 0.2) is 0 Å². The topological polar surface area (TPSA) is 29.5 Å². The normalized spacial score (nSPS) is 18.2. The standard InChI is InChI=1S/C18H17NO2/c1-14-7-9-15(10-8-14)11-12-19-17(13-21-18(19)20)16-5-3-2-4-6-16/h2-12,17H,13H2,1H3/b12-11-/t17-/m1/s1. The predicted octanol–water partition coefficient (Wildman–Crippen LogP) is 4.16. The van der Waals surface area contributed by atoms with E-state index in [0.717, 1.165) is 11.1 Å². The lowest BCUT2D eigenvalue weighted by Crippen LogP contribution is -2.21. The Balaban J connectivity index is 1.81. The molecule has 3 nitrogen and oxygen atoms in total. The maximum atomic E-state index is 11.9. The first-order valence-electron chi connectivity index (χ1n) is 6.99. The van der Waals surface area contributed by atoms with Crippen LogP contribution in [0.4, 0.5) is 4.79 Å². The van der Waals surface area contributed by atoms with Crippen molar-refractivity contribution in [3.63, 3.8) is 0 Å². The molecule has 2 aromatic carbocycles. The van der Waals surface area contributed by atoms with E-state index in [1.165, 1.54) is 5.56 Å². The van der Waals surface area contributed by atoms with Gasteiger partial charge in [0.1, 0.15) is 6.61 Å². The van der Waals surface area contributed by atoms with Crippen LogP contribution in [0.5, 0.6) is 0 Å². The van der Waals surface area contributed by atoms with Gasteiger partial charge in [0.2, 0.25) is 0 Å². The summed E-state index contributed by atoms with van der Waals surface area (Å²) in [6.45, 7) is 2.44. The third-order valence-electron chi connectivity index (χ3n) is 3.60. The van der Waals surface area contributed by atoms with Crippen LogP contribution in [0.1, 0.15) is 22.7 Å². The summed E-state index contributed by atoms with van der Waals surface area (Å²) in [5.41, 5.74) is 3.36. The molecule has 1 fully saturated rings. The number of rotatable bonds is 3. The number of amides is 1. The van der Waals surface area contributed by atoms with E-state index in [9.17, 15) is 4.79 Å². The SMILES string of the molecule is Cc1ccc(/C=C\N2C(=O)OC[C@@H]2c2ccccc2)cc1. The molecule has 1 aliphatic rings. The lowest BCUT2D eigenvalue weighted by atomic mass is 10.1. The second-order valence-electron chi connectivity index (χ2n) is 5.14. The summed E-state index contributed by atoms with van der Waals surface area (Å²) in [4.78, 5) is 13.5. The molecular weight excluding hydrogens is 262 g/mol. The molecular formula is C18H17NO2. The lowest BCUT2D eigenvalue weighted by molar-refractivity contribution is 0.166. The Kier molecular flexibility index (Phi) is 3.73. The van der Waals surface area contributed by atoms with Crippen LogP contribution < -0.4 is 0 Å². The number of carbonyl (C=O) groups excluding carboxylic acids is 1. The molecule has 0 bridgehead atoms. The summed E-state index contributed by atoms with van der Waals surface area (Å²) in [7, 11) is 0. The van der Waals surface area contributed by atoms with E-state index < -0.39 is 0 Å². The minimum Gasteiger partial charge on any atom is -0.447 e. The Labute approximate surface area is 124 Å². The van der Waals surface area contributed by atoms with Crippen molar-refractivity contribution in [2.45, 2.75) is 13.0 Å². The van der Waals surface area contributed by atoms with Gasteiger partial charge in [-0.25, -0.2) is 4.79 Å². The van der Waals surface area contributed by atoms with E-state index >= 15 is 0 Å². The molecule has 1 amide bonds. The average molecular weight is 279 g/mol. The van der Waals surface area contributed by atoms with Gasteiger partial charge in [0.05, 0.1) is 6.04 Å². The van der Waals surface area contributed by atoms with E-state index in [2.05, 4.69) is 19.1 Å². The number of carbonyl (C=O) groups is 1. The Morgan fingerprint density at radius 1 is 1.10 bits per heavy atom. The molecule has 0 aromatic heterocycles. The quantitative estimate of drug-likeness (QED) is 0.844. The first kappa shape index (κ1) is 13.4. The van der Waals surface area contributed by atoms with Crippen molar-refractivity contribution in [2.75, 3.05) is 6.61 Å². The van der Waals surface area contributed by atoms with Crippen molar-refractivity contribution < 1.29 is 9.53 Å². The lowest BCUT2D eigenvalue weighted by Gasteiger charge is -2.17. The Hall–Kier alpha value is -2.55. The first-order chi connectivity index (χ1) is 10.2. The van der Waals surface area contributed by atoms with E-state index in [1.54, 1.807) is 11.1 Å². The van der Waals surface area contributed by atoms with Crippen molar-refractivity contribution in [3.05, 3.63) is 77.5 Å².